The van der Waals surface area contributed by atoms with Gasteiger partial charge in [-0.05, 0) is 6.42 Å². The second kappa shape index (κ2) is 14.7. The van der Waals surface area contributed by atoms with E-state index in [2.05, 4.69) is 6.92 Å². The highest BCUT2D eigenvalue weighted by atomic mass is 16.3. The number of unbranched alkanes of at least 4 members (excludes halogenated alkanes) is 10. The number of hydrogen-bond donors (Lipinski definition) is 1. The van der Waals surface area contributed by atoms with Crippen LogP contribution in [0.1, 0.15) is 90.4 Å². The number of carbonyl (C=O) groups excluding carboxylic acids is 1. The zero-order valence-electron chi connectivity index (χ0n) is 12.1. The summed E-state index contributed by atoms with van der Waals surface area (Å²) in [7, 11) is 0. The molecule has 0 saturated heterocycles. The maximum absolute atomic E-state index is 10.0. The Morgan fingerprint density at radius 2 is 1.28 bits per heavy atom. The van der Waals surface area contributed by atoms with E-state index in [4.69, 9.17) is 0 Å². The Kier molecular flexibility index (Phi) is 14.4. The molecule has 0 aliphatic carbocycles. The normalized spacial score (nSPS) is 12.6. The van der Waals surface area contributed by atoms with Gasteiger partial charge in [0.15, 0.2) is 0 Å². The fourth-order valence-corrected chi connectivity index (χ4v) is 2.24. The Labute approximate surface area is 113 Å². The fourth-order valence-electron chi connectivity index (χ4n) is 2.24. The van der Waals surface area contributed by atoms with Crippen LogP contribution in [0.15, 0.2) is 0 Å². The molecule has 0 fully saturated rings. The standard InChI is InChI=1S/C16H31O2/c1-2-3-4-5-6-7-8-9-10-11-12-13-16(18)14-15-17/h16,18H,2-14H2,1H3. The third kappa shape index (κ3) is 13.7. The van der Waals surface area contributed by atoms with Gasteiger partial charge in [-0.25, -0.2) is 0 Å². The quantitative estimate of drug-likeness (QED) is 0.462. The molecule has 1 unspecified atom stereocenters. The fraction of sp³-hybridized carbons (Fsp3) is 0.938. The van der Waals surface area contributed by atoms with Crippen molar-refractivity contribution in [1.29, 1.82) is 0 Å². The minimum Gasteiger partial charge on any atom is -0.393 e. The van der Waals surface area contributed by atoms with Crippen LogP contribution in [0.3, 0.4) is 0 Å². The SMILES string of the molecule is CCCCCCCCCCCCCC(O)C[C]=O. The van der Waals surface area contributed by atoms with Gasteiger partial charge in [0, 0.05) is 6.42 Å². The first-order chi connectivity index (χ1) is 8.81. The van der Waals surface area contributed by atoms with Gasteiger partial charge in [0.2, 0.25) is 6.29 Å². The Morgan fingerprint density at radius 3 is 1.72 bits per heavy atom. The van der Waals surface area contributed by atoms with E-state index in [9.17, 15) is 9.90 Å². The number of hydrogen-bond acceptors (Lipinski definition) is 2. The minimum atomic E-state index is -0.457. The molecule has 2 heteroatoms. The van der Waals surface area contributed by atoms with Gasteiger partial charge >= 0.3 is 0 Å². The molecule has 0 aliphatic rings. The van der Waals surface area contributed by atoms with E-state index in [0.717, 1.165) is 12.8 Å². The van der Waals surface area contributed by atoms with Crippen LogP contribution in [0.25, 0.3) is 0 Å². The Hall–Kier alpha value is -0.370. The van der Waals surface area contributed by atoms with Crippen molar-refractivity contribution < 1.29 is 9.90 Å². The molecule has 0 aromatic heterocycles. The van der Waals surface area contributed by atoms with Gasteiger partial charge in [-0.2, -0.15) is 0 Å². The smallest absolute Gasteiger partial charge is 0.201 e. The molecule has 0 aliphatic heterocycles. The van der Waals surface area contributed by atoms with Crippen LogP contribution in [0.2, 0.25) is 0 Å². The molecule has 0 amide bonds. The van der Waals surface area contributed by atoms with Gasteiger partial charge < -0.3 is 5.11 Å². The molecule has 0 aromatic carbocycles. The maximum atomic E-state index is 10.0. The molecule has 0 heterocycles. The van der Waals surface area contributed by atoms with Crippen LogP contribution in [0.5, 0.6) is 0 Å². The summed E-state index contributed by atoms with van der Waals surface area (Å²) in [4.78, 5) is 10.0. The lowest BCUT2D eigenvalue weighted by molar-refractivity contribution is 0.167. The lowest BCUT2D eigenvalue weighted by Gasteiger charge is -2.06. The highest BCUT2D eigenvalue weighted by molar-refractivity contribution is 5.51. The molecule has 1 N–H and O–H groups in total. The molecule has 0 aromatic rings. The van der Waals surface area contributed by atoms with E-state index >= 15 is 0 Å². The molecule has 18 heavy (non-hydrogen) atoms. The average Bonchev–Trinajstić information content (AvgIpc) is 2.36. The first-order valence-electron chi connectivity index (χ1n) is 7.84. The van der Waals surface area contributed by atoms with Crippen molar-refractivity contribution in [3.8, 4) is 0 Å². The van der Waals surface area contributed by atoms with Crippen LogP contribution in [0.4, 0.5) is 0 Å². The summed E-state index contributed by atoms with van der Waals surface area (Å²) in [6.07, 6.45) is 16.7. The average molecular weight is 255 g/mol. The number of aliphatic hydroxyl groups excluding tert-OH is 1. The maximum Gasteiger partial charge on any atom is 0.201 e. The second-order valence-electron chi connectivity index (χ2n) is 5.33. The molecule has 1 radical (unpaired) electrons. The van der Waals surface area contributed by atoms with Crippen LogP contribution in [0, 0.1) is 0 Å². The van der Waals surface area contributed by atoms with Gasteiger partial charge in [0.05, 0.1) is 6.10 Å². The largest absolute Gasteiger partial charge is 0.393 e. The van der Waals surface area contributed by atoms with Crippen molar-refractivity contribution in [2.45, 2.75) is 96.5 Å². The third-order valence-corrected chi connectivity index (χ3v) is 3.46. The Morgan fingerprint density at radius 1 is 0.833 bits per heavy atom. The molecule has 107 valence electrons. The van der Waals surface area contributed by atoms with Crippen molar-refractivity contribution in [3.05, 3.63) is 0 Å². The summed E-state index contributed by atoms with van der Waals surface area (Å²) in [5.74, 6) is 0. The molecule has 2 nitrogen and oxygen atoms in total. The van der Waals surface area contributed by atoms with Gasteiger partial charge in [-0.3, -0.25) is 4.79 Å². The molecule has 0 rings (SSSR count). The van der Waals surface area contributed by atoms with Gasteiger partial charge in [0.1, 0.15) is 0 Å². The highest BCUT2D eigenvalue weighted by Crippen LogP contribution is 2.12. The lowest BCUT2D eigenvalue weighted by atomic mass is 10.0. The predicted octanol–water partition coefficient (Wildman–Crippen LogP) is 4.55. The molecule has 0 saturated carbocycles. The first kappa shape index (κ1) is 17.6. The number of rotatable bonds is 14. The predicted molar refractivity (Wildman–Crippen MR) is 77.4 cm³/mol. The van der Waals surface area contributed by atoms with E-state index in [0.29, 0.717) is 0 Å². The number of aliphatic hydroxyl groups is 1. The van der Waals surface area contributed by atoms with E-state index < -0.39 is 6.10 Å². The minimum absolute atomic E-state index is 0.178. The highest BCUT2D eigenvalue weighted by Gasteiger charge is 2.02. The Bertz CT molecular complexity index is 168. The van der Waals surface area contributed by atoms with Crippen molar-refractivity contribution in [3.63, 3.8) is 0 Å². The Balaban J connectivity index is 3.00. The first-order valence-corrected chi connectivity index (χ1v) is 7.84. The molecule has 1 atom stereocenters. The van der Waals surface area contributed by atoms with Crippen LogP contribution in [-0.4, -0.2) is 17.5 Å². The van der Waals surface area contributed by atoms with Crippen LogP contribution in [-0.2, 0) is 4.79 Å². The summed E-state index contributed by atoms with van der Waals surface area (Å²) < 4.78 is 0. The van der Waals surface area contributed by atoms with Gasteiger partial charge in [0.25, 0.3) is 0 Å². The topological polar surface area (TPSA) is 37.3 Å². The van der Waals surface area contributed by atoms with Crippen LogP contribution >= 0.6 is 0 Å². The lowest BCUT2D eigenvalue weighted by Crippen LogP contribution is -2.06. The van der Waals surface area contributed by atoms with E-state index in [1.807, 2.05) is 0 Å². The van der Waals surface area contributed by atoms with Gasteiger partial charge in [-0.15, -0.1) is 0 Å². The summed E-state index contributed by atoms with van der Waals surface area (Å²) in [6, 6.07) is 0. The molecule has 0 bridgehead atoms. The summed E-state index contributed by atoms with van der Waals surface area (Å²) in [5.41, 5.74) is 0. The van der Waals surface area contributed by atoms with Gasteiger partial charge in [-0.1, -0.05) is 77.6 Å². The van der Waals surface area contributed by atoms with E-state index in [1.54, 1.807) is 6.29 Å². The molecular weight excluding hydrogens is 224 g/mol. The van der Waals surface area contributed by atoms with Crippen LogP contribution < -0.4 is 0 Å². The summed E-state index contributed by atoms with van der Waals surface area (Å²) in [6.45, 7) is 2.25. The molecule has 0 spiro atoms. The zero-order valence-corrected chi connectivity index (χ0v) is 12.1. The van der Waals surface area contributed by atoms with Crippen molar-refractivity contribution in [2.24, 2.45) is 0 Å². The summed E-state index contributed by atoms with van der Waals surface area (Å²) >= 11 is 0. The van der Waals surface area contributed by atoms with Crippen molar-refractivity contribution in [2.75, 3.05) is 0 Å². The van der Waals surface area contributed by atoms with Crippen molar-refractivity contribution in [1.82, 2.24) is 0 Å². The van der Waals surface area contributed by atoms with E-state index in [1.165, 1.54) is 64.2 Å². The molecular formula is C16H31O2. The second-order valence-corrected chi connectivity index (χ2v) is 5.33. The summed E-state index contributed by atoms with van der Waals surface area (Å²) in [5, 5.41) is 9.33. The van der Waals surface area contributed by atoms with Crippen molar-refractivity contribution >= 4 is 6.29 Å². The zero-order chi connectivity index (χ0) is 13.5. The third-order valence-electron chi connectivity index (χ3n) is 3.46. The monoisotopic (exact) mass is 255 g/mol. The van der Waals surface area contributed by atoms with E-state index in [-0.39, 0.29) is 6.42 Å².